The van der Waals surface area contributed by atoms with Gasteiger partial charge in [0.15, 0.2) is 9.84 Å². The molecule has 8 nitrogen and oxygen atoms in total. The fourth-order valence-corrected chi connectivity index (χ4v) is 5.39. The van der Waals surface area contributed by atoms with Crippen molar-refractivity contribution in [1.29, 1.82) is 0 Å². The molecule has 0 amide bonds. The highest BCUT2D eigenvalue weighted by atomic mass is 32.2. The van der Waals surface area contributed by atoms with Gasteiger partial charge in [-0.25, -0.2) is 21.8 Å². The Morgan fingerprint density at radius 2 is 1.83 bits per heavy atom. The summed E-state index contributed by atoms with van der Waals surface area (Å²) in [7, 11) is -5.34. The molecule has 1 N–H and O–H groups in total. The third-order valence-electron chi connectivity index (χ3n) is 4.43. The van der Waals surface area contributed by atoms with Gasteiger partial charge >= 0.3 is 0 Å². The molecule has 0 saturated heterocycles. The maximum absolute atomic E-state index is 12.6. The van der Waals surface area contributed by atoms with E-state index in [4.69, 9.17) is 0 Å². The number of rotatable bonds is 5. The van der Waals surface area contributed by atoms with Gasteiger partial charge in [-0.05, 0) is 29.8 Å². The fraction of sp³-hybridized carbons (Fsp3) is 0.111. The lowest BCUT2D eigenvalue weighted by molar-refractivity contribution is 0.600. The SMILES string of the molecule is Cn1cc(-c2cccc(S(C)(=O)=O)c2)c2ccc(S(=O)(=O)Nc3ncns3)cc21. The van der Waals surface area contributed by atoms with Gasteiger partial charge in [0.2, 0.25) is 5.13 Å². The van der Waals surface area contributed by atoms with Crippen molar-refractivity contribution in [3.05, 3.63) is 55.0 Å². The second kappa shape index (κ2) is 6.94. The predicted molar refractivity (Wildman–Crippen MR) is 112 cm³/mol. The van der Waals surface area contributed by atoms with Crippen LogP contribution in [0.4, 0.5) is 5.13 Å². The van der Waals surface area contributed by atoms with E-state index in [0.29, 0.717) is 5.52 Å². The minimum absolute atomic E-state index is 0.0952. The van der Waals surface area contributed by atoms with Crippen LogP contribution in [-0.4, -0.2) is 37.0 Å². The molecular weight excluding hydrogens is 432 g/mol. The number of aromatic nitrogens is 3. The summed E-state index contributed by atoms with van der Waals surface area (Å²) in [4.78, 5) is 4.17. The van der Waals surface area contributed by atoms with Gasteiger partial charge in [0.1, 0.15) is 6.33 Å². The first-order chi connectivity index (χ1) is 13.6. The van der Waals surface area contributed by atoms with Crippen LogP contribution in [0.5, 0.6) is 0 Å². The van der Waals surface area contributed by atoms with Crippen LogP contribution < -0.4 is 4.72 Å². The number of nitrogens with one attached hydrogen (secondary N) is 1. The third kappa shape index (κ3) is 3.76. The van der Waals surface area contributed by atoms with Crippen LogP contribution in [0.15, 0.2) is 64.8 Å². The molecule has 0 fully saturated rings. The van der Waals surface area contributed by atoms with Gasteiger partial charge in [-0.15, -0.1) is 0 Å². The molecule has 4 rings (SSSR count). The molecule has 0 atom stereocenters. The molecule has 0 aliphatic carbocycles. The number of sulfonamides is 1. The Balaban J connectivity index is 1.81. The van der Waals surface area contributed by atoms with Crippen molar-refractivity contribution in [2.24, 2.45) is 7.05 Å². The molecule has 0 aliphatic heterocycles. The molecule has 150 valence electrons. The number of sulfone groups is 1. The number of fused-ring (bicyclic) bond motifs is 1. The van der Waals surface area contributed by atoms with Crippen LogP contribution in [0.1, 0.15) is 0 Å². The number of anilines is 1. The maximum Gasteiger partial charge on any atom is 0.263 e. The summed E-state index contributed by atoms with van der Waals surface area (Å²) in [6, 6.07) is 11.5. The number of hydrogen-bond donors (Lipinski definition) is 1. The largest absolute Gasteiger partial charge is 0.350 e. The van der Waals surface area contributed by atoms with Crippen LogP contribution in [0.2, 0.25) is 0 Å². The molecule has 0 aliphatic rings. The minimum Gasteiger partial charge on any atom is -0.350 e. The van der Waals surface area contributed by atoms with Crippen LogP contribution in [0.3, 0.4) is 0 Å². The van der Waals surface area contributed by atoms with E-state index in [2.05, 4.69) is 14.1 Å². The average Bonchev–Trinajstić information content (AvgIpc) is 3.28. The molecule has 0 radical (unpaired) electrons. The van der Waals surface area contributed by atoms with E-state index < -0.39 is 19.9 Å². The number of benzene rings is 2. The normalized spacial score (nSPS) is 12.3. The van der Waals surface area contributed by atoms with Gasteiger partial charge in [-0.1, -0.05) is 18.2 Å². The van der Waals surface area contributed by atoms with E-state index >= 15 is 0 Å². The van der Waals surface area contributed by atoms with Crippen LogP contribution in [-0.2, 0) is 26.9 Å². The van der Waals surface area contributed by atoms with Crippen molar-refractivity contribution >= 4 is 47.4 Å². The minimum atomic E-state index is -3.81. The standard InChI is InChI=1S/C18H16N4O4S3/c1-22-10-16(12-4-3-5-13(8-12)28(2,23)24)15-7-6-14(9-17(15)22)29(25,26)21-18-19-11-20-27-18/h3-11H,1-2H3,(H,19,20,21). The van der Waals surface area contributed by atoms with Crippen LogP contribution in [0.25, 0.3) is 22.0 Å². The summed E-state index contributed by atoms with van der Waals surface area (Å²) in [5, 5.41) is 1.00. The Bertz CT molecular complexity index is 1420. The van der Waals surface area contributed by atoms with E-state index in [1.54, 1.807) is 37.4 Å². The first-order valence-electron chi connectivity index (χ1n) is 8.34. The Hall–Kier alpha value is -2.76. The molecule has 0 spiro atoms. The smallest absolute Gasteiger partial charge is 0.263 e. The van der Waals surface area contributed by atoms with Gasteiger partial charge in [0.25, 0.3) is 10.0 Å². The molecule has 29 heavy (non-hydrogen) atoms. The zero-order valence-corrected chi connectivity index (χ0v) is 17.8. The van der Waals surface area contributed by atoms with E-state index in [0.717, 1.165) is 34.3 Å². The first-order valence-corrected chi connectivity index (χ1v) is 12.5. The van der Waals surface area contributed by atoms with E-state index in [1.807, 2.05) is 16.8 Å². The molecule has 2 aromatic heterocycles. The molecule has 4 aromatic rings. The quantitative estimate of drug-likeness (QED) is 0.503. The lowest BCUT2D eigenvalue weighted by Gasteiger charge is -2.06. The van der Waals surface area contributed by atoms with Gasteiger partial charge in [0, 0.05) is 47.5 Å². The lowest BCUT2D eigenvalue weighted by Crippen LogP contribution is -2.12. The summed E-state index contributed by atoms with van der Waals surface area (Å²) in [5.74, 6) is 0. The van der Waals surface area contributed by atoms with Crippen molar-refractivity contribution in [3.8, 4) is 11.1 Å². The second-order valence-electron chi connectivity index (χ2n) is 6.48. The lowest BCUT2D eigenvalue weighted by atomic mass is 10.1. The Morgan fingerprint density at radius 3 is 2.52 bits per heavy atom. The molecule has 0 saturated carbocycles. The summed E-state index contributed by atoms with van der Waals surface area (Å²) < 4.78 is 57.0. The highest BCUT2D eigenvalue weighted by molar-refractivity contribution is 7.93. The summed E-state index contributed by atoms with van der Waals surface area (Å²) in [6.45, 7) is 0. The predicted octanol–water partition coefficient (Wildman–Crippen LogP) is 2.90. The summed E-state index contributed by atoms with van der Waals surface area (Å²) >= 11 is 0.950. The average molecular weight is 449 g/mol. The zero-order valence-electron chi connectivity index (χ0n) is 15.4. The Labute approximate surface area is 172 Å². The molecule has 0 bridgehead atoms. The summed E-state index contributed by atoms with van der Waals surface area (Å²) in [5.41, 5.74) is 2.25. The highest BCUT2D eigenvalue weighted by Gasteiger charge is 2.19. The fourth-order valence-electron chi connectivity index (χ4n) is 3.05. The van der Waals surface area contributed by atoms with Crippen molar-refractivity contribution in [3.63, 3.8) is 0 Å². The number of aryl methyl sites for hydroxylation is 1. The highest BCUT2D eigenvalue weighted by Crippen LogP contribution is 2.33. The monoisotopic (exact) mass is 448 g/mol. The van der Waals surface area contributed by atoms with Gasteiger partial charge < -0.3 is 4.57 Å². The van der Waals surface area contributed by atoms with Gasteiger partial charge in [-0.2, -0.15) is 4.37 Å². The van der Waals surface area contributed by atoms with Crippen molar-refractivity contribution in [2.75, 3.05) is 11.0 Å². The van der Waals surface area contributed by atoms with Gasteiger partial charge in [-0.3, -0.25) is 4.72 Å². The zero-order chi connectivity index (χ0) is 20.8. The third-order valence-corrected chi connectivity index (χ3v) is 7.58. The molecule has 2 heterocycles. The van der Waals surface area contributed by atoms with Crippen LogP contribution in [0, 0.1) is 0 Å². The number of nitrogens with zero attached hydrogens (tertiary/aromatic N) is 3. The second-order valence-corrected chi connectivity index (χ2v) is 11.0. The van der Waals surface area contributed by atoms with Crippen molar-refractivity contribution in [2.45, 2.75) is 9.79 Å². The topological polar surface area (TPSA) is 111 Å². The van der Waals surface area contributed by atoms with Crippen LogP contribution >= 0.6 is 11.5 Å². The van der Waals surface area contributed by atoms with Crippen molar-refractivity contribution < 1.29 is 16.8 Å². The maximum atomic E-state index is 12.6. The van der Waals surface area contributed by atoms with Gasteiger partial charge in [0.05, 0.1) is 9.79 Å². The summed E-state index contributed by atoms with van der Waals surface area (Å²) in [6.07, 6.45) is 4.29. The van der Waals surface area contributed by atoms with Crippen molar-refractivity contribution in [1.82, 2.24) is 13.9 Å². The number of hydrogen-bond acceptors (Lipinski definition) is 7. The Morgan fingerprint density at radius 1 is 1.03 bits per heavy atom. The van der Waals surface area contributed by atoms with E-state index in [1.165, 1.54) is 12.4 Å². The molecule has 0 unspecified atom stereocenters. The Kier molecular flexibility index (Phi) is 4.68. The van der Waals surface area contributed by atoms with E-state index in [9.17, 15) is 16.8 Å². The molecular formula is C18H16N4O4S3. The molecule has 11 heteroatoms. The first kappa shape index (κ1) is 19.6. The van der Waals surface area contributed by atoms with E-state index in [-0.39, 0.29) is 14.9 Å². The molecule has 2 aromatic carbocycles.